The molecule has 4 N–H and O–H groups in total. The first-order chi connectivity index (χ1) is 11.3. The van der Waals surface area contributed by atoms with Crippen molar-refractivity contribution in [1.82, 2.24) is 4.98 Å². The highest BCUT2D eigenvalue weighted by Gasteiger charge is 2.23. The minimum atomic E-state index is -0.488. The van der Waals surface area contributed by atoms with Crippen molar-refractivity contribution in [3.8, 4) is 0 Å². The van der Waals surface area contributed by atoms with Crippen molar-refractivity contribution < 1.29 is 14.3 Å². The first-order valence-electron chi connectivity index (χ1n) is 7.15. The summed E-state index contributed by atoms with van der Waals surface area (Å²) < 4.78 is 4.78. The van der Waals surface area contributed by atoms with Crippen molar-refractivity contribution in [2.45, 2.75) is 20.3 Å². The van der Waals surface area contributed by atoms with E-state index < -0.39 is 11.9 Å². The molecule has 0 fully saturated rings. The lowest BCUT2D eigenvalue weighted by Crippen LogP contribution is -2.14. The number of nitrogen functional groups attached to an aromatic ring is 1. The molecular formula is C16H17Cl2N3O3. The van der Waals surface area contributed by atoms with Crippen LogP contribution < -0.4 is 11.1 Å². The normalized spacial score (nSPS) is 10.5. The van der Waals surface area contributed by atoms with Crippen LogP contribution in [-0.4, -0.2) is 24.0 Å². The third kappa shape index (κ3) is 3.34. The van der Waals surface area contributed by atoms with Gasteiger partial charge in [0.05, 0.1) is 28.4 Å². The van der Waals surface area contributed by atoms with E-state index in [1.807, 2.05) is 6.92 Å². The Bertz CT molecular complexity index is 792. The van der Waals surface area contributed by atoms with Gasteiger partial charge in [0.15, 0.2) is 0 Å². The molecule has 8 heteroatoms. The zero-order valence-electron chi connectivity index (χ0n) is 13.4. The van der Waals surface area contributed by atoms with Crippen LogP contribution in [0.25, 0.3) is 0 Å². The molecule has 1 amide bonds. The molecule has 1 aromatic heterocycles. The number of anilines is 2. The maximum absolute atomic E-state index is 12.5. The number of aromatic nitrogens is 1. The molecule has 2 aromatic rings. The molecule has 0 spiro atoms. The lowest BCUT2D eigenvalue weighted by Gasteiger charge is -2.08. The number of carbonyl (C=O) groups is 2. The van der Waals surface area contributed by atoms with Crippen LogP contribution in [0.5, 0.6) is 0 Å². The number of aryl methyl sites for hydroxylation is 1. The van der Waals surface area contributed by atoms with Crippen LogP contribution in [-0.2, 0) is 11.2 Å². The number of nitrogens with two attached hydrogens (primary N) is 1. The molecule has 128 valence electrons. The number of hydrogen-bond acceptors (Lipinski definition) is 4. The minimum Gasteiger partial charge on any atom is -0.465 e. The summed E-state index contributed by atoms with van der Waals surface area (Å²) in [5.41, 5.74) is 8.12. The van der Waals surface area contributed by atoms with Crippen LogP contribution in [0.4, 0.5) is 11.4 Å². The highest BCUT2D eigenvalue weighted by molar-refractivity contribution is 6.39. The summed E-state index contributed by atoms with van der Waals surface area (Å²) in [5, 5.41) is 3.17. The Hall–Kier alpha value is -2.18. The molecule has 1 aromatic carbocycles. The Morgan fingerprint density at radius 1 is 1.29 bits per heavy atom. The molecule has 24 heavy (non-hydrogen) atoms. The zero-order valence-corrected chi connectivity index (χ0v) is 14.9. The SMILES string of the molecule is CCc1[nH]c(C(=O)Nc2cc(Cl)c(N)c(Cl)c2)c(C)c1C(=O)OC. The van der Waals surface area contributed by atoms with Gasteiger partial charge in [-0.2, -0.15) is 0 Å². The maximum atomic E-state index is 12.5. The molecule has 0 unspecified atom stereocenters. The number of ether oxygens (including phenoxy) is 1. The Morgan fingerprint density at radius 3 is 2.38 bits per heavy atom. The highest BCUT2D eigenvalue weighted by atomic mass is 35.5. The third-order valence-electron chi connectivity index (χ3n) is 3.63. The van der Waals surface area contributed by atoms with Crippen LogP contribution in [0.3, 0.4) is 0 Å². The van der Waals surface area contributed by atoms with Gasteiger partial charge in [0, 0.05) is 11.4 Å². The van der Waals surface area contributed by atoms with Gasteiger partial charge in [-0.05, 0) is 31.0 Å². The van der Waals surface area contributed by atoms with Gasteiger partial charge in [-0.15, -0.1) is 0 Å². The van der Waals surface area contributed by atoms with Gasteiger partial charge in [-0.3, -0.25) is 4.79 Å². The second kappa shape index (κ2) is 7.15. The molecule has 0 atom stereocenters. The predicted molar refractivity (Wildman–Crippen MR) is 95.1 cm³/mol. The number of aromatic amines is 1. The maximum Gasteiger partial charge on any atom is 0.339 e. The molecule has 0 aliphatic carbocycles. The smallest absolute Gasteiger partial charge is 0.339 e. The molecule has 0 saturated heterocycles. The summed E-state index contributed by atoms with van der Waals surface area (Å²) >= 11 is 11.9. The lowest BCUT2D eigenvalue weighted by atomic mass is 10.1. The van der Waals surface area contributed by atoms with Crippen molar-refractivity contribution in [2.75, 3.05) is 18.2 Å². The topological polar surface area (TPSA) is 97.2 Å². The van der Waals surface area contributed by atoms with Gasteiger partial charge in [0.25, 0.3) is 5.91 Å². The highest BCUT2D eigenvalue weighted by Crippen LogP contribution is 2.31. The first-order valence-corrected chi connectivity index (χ1v) is 7.91. The van der Waals surface area contributed by atoms with Crippen LogP contribution in [0.1, 0.15) is 39.0 Å². The molecule has 0 aliphatic heterocycles. The van der Waals surface area contributed by atoms with E-state index in [0.29, 0.717) is 28.9 Å². The number of halogens is 2. The van der Waals surface area contributed by atoms with Gasteiger partial charge in [-0.25, -0.2) is 4.79 Å². The standard InChI is InChI=1S/C16H17Cl2N3O3/c1-4-11-12(16(23)24-3)7(2)14(21-11)15(22)20-8-5-9(17)13(19)10(18)6-8/h5-6,21H,4,19H2,1-3H3,(H,20,22). The summed E-state index contributed by atoms with van der Waals surface area (Å²) in [6, 6.07) is 3.00. The van der Waals surface area contributed by atoms with Gasteiger partial charge in [-0.1, -0.05) is 30.1 Å². The molecule has 2 rings (SSSR count). The van der Waals surface area contributed by atoms with E-state index >= 15 is 0 Å². The van der Waals surface area contributed by atoms with E-state index in [1.165, 1.54) is 19.2 Å². The Balaban J connectivity index is 2.37. The number of nitrogens with one attached hydrogen (secondary N) is 2. The van der Waals surface area contributed by atoms with Gasteiger partial charge >= 0.3 is 5.97 Å². The number of H-pyrrole nitrogens is 1. The average Bonchev–Trinajstić information content (AvgIpc) is 2.88. The van der Waals surface area contributed by atoms with Crippen LogP contribution in [0, 0.1) is 6.92 Å². The third-order valence-corrected chi connectivity index (χ3v) is 4.26. The molecule has 0 bridgehead atoms. The van der Waals surface area contributed by atoms with E-state index in [2.05, 4.69) is 10.3 Å². The predicted octanol–water partition coefficient (Wildman–Crippen LogP) is 3.81. The summed E-state index contributed by atoms with van der Waals surface area (Å²) in [6.45, 7) is 3.55. The number of hydrogen-bond donors (Lipinski definition) is 3. The second-order valence-electron chi connectivity index (χ2n) is 5.13. The molecule has 0 saturated carbocycles. The van der Waals surface area contributed by atoms with E-state index in [0.717, 1.165) is 0 Å². The number of rotatable bonds is 4. The molecule has 0 radical (unpaired) electrons. The van der Waals surface area contributed by atoms with E-state index in [-0.39, 0.29) is 21.4 Å². The fourth-order valence-corrected chi connectivity index (χ4v) is 2.87. The number of benzene rings is 1. The van der Waals surface area contributed by atoms with Crippen molar-refractivity contribution in [1.29, 1.82) is 0 Å². The van der Waals surface area contributed by atoms with Crippen molar-refractivity contribution in [3.63, 3.8) is 0 Å². The van der Waals surface area contributed by atoms with Crippen molar-refractivity contribution in [2.24, 2.45) is 0 Å². The number of esters is 1. The van der Waals surface area contributed by atoms with E-state index in [4.69, 9.17) is 33.7 Å². The quantitative estimate of drug-likeness (QED) is 0.563. The van der Waals surface area contributed by atoms with Crippen LogP contribution in [0.2, 0.25) is 10.0 Å². The van der Waals surface area contributed by atoms with E-state index in [9.17, 15) is 9.59 Å². The molecule has 0 aliphatic rings. The van der Waals surface area contributed by atoms with Gasteiger partial charge in [0.1, 0.15) is 5.69 Å². The van der Waals surface area contributed by atoms with Crippen LogP contribution >= 0.6 is 23.2 Å². The molecule has 6 nitrogen and oxygen atoms in total. The number of carbonyl (C=O) groups excluding carboxylic acids is 2. The largest absolute Gasteiger partial charge is 0.465 e. The molecular weight excluding hydrogens is 353 g/mol. The van der Waals surface area contributed by atoms with Gasteiger partial charge < -0.3 is 20.8 Å². The minimum absolute atomic E-state index is 0.241. The summed E-state index contributed by atoms with van der Waals surface area (Å²) in [5.74, 6) is -0.910. The average molecular weight is 370 g/mol. The fraction of sp³-hybridized carbons (Fsp3) is 0.250. The number of methoxy groups -OCH3 is 1. The van der Waals surface area contributed by atoms with Crippen molar-refractivity contribution in [3.05, 3.63) is 44.7 Å². The van der Waals surface area contributed by atoms with Crippen molar-refractivity contribution >= 4 is 46.5 Å². The Kier molecular flexibility index (Phi) is 5.41. The Morgan fingerprint density at radius 2 is 1.88 bits per heavy atom. The fourth-order valence-electron chi connectivity index (χ4n) is 2.38. The Labute approximate surface area is 149 Å². The summed E-state index contributed by atoms with van der Waals surface area (Å²) in [4.78, 5) is 27.4. The monoisotopic (exact) mass is 369 g/mol. The summed E-state index contributed by atoms with van der Waals surface area (Å²) in [7, 11) is 1.30. The lowest BCUT2D eigenvalue weighted by molar-refractivity contribution is 0.0599. The molecule has 1 heterocycles. The number of amides is 1. The summed E-state index contributed by atoms with van der Waals surface area (Å²) in [6.07, 6.45) is 0.554. The zero-order chi connectivity index (χ0) is 18.0. The van der Waals surface area contributed by atoms with Gasteiger partial charge in [0.2, 0.25) is 0 Å². The van der Waals surface area contributed by atoms with Crippen LogP contribution in [0.15, 0.2) is 12.1 Å². The second-order valence-corrected chi connectivity index (χ2v) is 5.95. The first kappa shape index (κ1) is 18.2. The van der Waals surface area contributed by atoms with E-state index in [1.54, 1.807) is 6.92 Å².